The standard InChI is InChI=1S/C24H24F4Si/c1-5-6-19-20(25)13-17(14-21(19)26)15-7-9-16(10-8-15)18-11-12-22(29(2,3)4)24(28)23(18)27/h7-14H,5-6H2,1-4H3. The summed E-state index contributed by atoms with van der Waals surface area (Å²) < 4.78 is 57.7. The molecule has 3 aromatic rings. The van der Waals surface area contributed by atoms with Crippen molar-refractivity contribution in [1.29, 1.82) is 0 Å². The Bertz CT molecular complexity index is 1010. The summed E-state index contributed by atoms with van der Waals surface area (Å²) in [6.45, 7) is 7.75. The molecule has 152 valence electrons. The molecule has 0 atom stereocenters. The van der Waals surface area contributed by atoms with Crippen LogP contribution in [0.4, 0.5) is 17.6 Å². The first-order chi connectivity index (χ1) is 13.6. The summed E-state index contributed by atoms with van der Waals surface area (Å²) in [6.07, 6.45) is 0.996. The predicted molar refractivity (Wildman–Crippen MR) is 114 cm³/mol. The molecule has 0 fully saturated rings. The lowest BCUT2D eigenvalue weighted by molar-refractivity contribution is 0.516. The van der Waals surface area contributed by atoms with Crippen LogP contribution in [-0.4, -0.2) is 8.07 Å². The van der Waals surface area contributed by atoms with E-state index in [0.717, 1.165) is 0 Å². The van der Waals surface area contributed by atoms with E-state index in [0.29, 0.717) is 34.7 Å². The molecule has 0 amide bonds. The van der Waals surface area contributed by atoms with Crippen molar-refractivity contribution in [3.05, 3.63) is 77.4 Å². The summed E-state index contributed by atoms with van der Waals surface area (Å²) in [5, 5.41) is 0.452. The van der Waals surface area contributed by atoms with Crippen LogP contribution in [0.3, 0.4) is 0 Å². The Labute approximate surface area is 170 Å². The molecular formula is C24H24F4Si. The summed E-state index contributed by atoms with van der Waals surface area (Å²) in [6, 6.07) is 12.5. The first kappa shape index (κ1) is 21.3. The lowest BCUT2D eigenvalue weighted by Crippen LogP contribution is -2.40. The fourth-order valence-electron chi connectivity index (χ4n) is 3.45. The van der Waals surface area contributed by atoms with E-state index in [-0.39, 0.29) is 11.1 Å². The van der Waals surface area contributed by atoms with Crippen LogP contribution in [0.15, 0.2) is 48.5 Å². The van der Waals surface area contributed by atoms with Crippen molar-refractivity contribution in [3.8, 4) is 22.3 Å². The number of hydrogen-bond acceptors (Lipinski definition) is 0. The van der Waals surface area contributed by atoms with Gasteiger partial charge in [-0.3, -0.25) is 0 Å². The first-order valence-electron chi connectivity index (χ1n) is 9.70. The van der Waals surface area contributed by atoms with E-state index in [4.69, 9.17) is 0 Å². The summed E-state index contributed by atoms with van der Waals surface area (Å²) in [5.41, 5.74) is 1.79. The van der Waals surface area contributed by atoms with Gasteiger partial charge < -0.3 is 0 Å². The van der Waals surface area contributed by atoms with Crippen LogP contribution >= 0.6 is 0 Å². The third-order valence-electron chi connectivity index (χ3n) is 5.06. The maximum atomic E-state index is 14.7. The molecule has 0 N–H and O–H groups in total. The molecule has 0 nitrogen and oxygen atoms in total. The predicted octanol–water partition coefficient (Wildman–Crippen LogP) is 7.07. The maximum Gasteiger partial charge on any atom is 0.166 e. The molecule has 0 aromatic heterocycles. The number of benzene rings is 3. The minimum atomic E-state index is -1.99. The minimum absolute atomic E-state index is 0.0907. The molecule has 3 rings (SSSR count). The fourth-order valence-corrected chi connectivity index (χ4v) is 4.80. The molecule has 0 bridgehead atoms. The van der Waals surface area contributed by atoms with Crippen molar-refractivity contribution >= 4 is 13.3 Å². The van der Waals surface area contributed by atoms with Gasteiger partial charge in [-0.2, -0.15) is 0 Å². The highest BCUT2D eigenvalue weighted by Gasteiger charge is 2.24. The second-order valence-electron chi connectivity index (χ2n) is 8.28. The number of rotatable bonds is 5. The smallest absolute Gasteiger partial charge is 0.166 e. The Balaban J connectivity index is 1.97. The Kier molecular flexibility index (Phi) is 5.99. The third kappa shape index (κ3) is 4.30. The number of hydrogen-bond donors (Lipinski definition) is 0. The highest BCUT2D eigenvalue weighted by molar-refractivity contribution is 6.88. The van der Waals surface area contributed by atoms with Gasteiger partial charge in [0.1, 0.15) is 11.6 Å². The van der Waals surface area contributed by atoms with Gasteiger partial charge in [0, 0.05) is 11.1 Å². The molecule has 3 aromatic carbocycles. The molecule has 0 saturated carbocycles. The van der Waals surface area contributed by atoms with E-state index in [2.05, 4.69) is 0 Å². The lowest BCUT2D eigenvalue weighted by Gasteiger charge is -2.19. The molecule has 0 radical (unpaired) electrons. The SMILES string of the molecule is CCCc1c(F)cc(-c2ccc(-c3ccc([Si](C)(C)C)c(F)c3F)cc2)cc1F. The summed E-state index contributed by atoms with van der Waals surface area (Å²) >= 11 is 0. The van der Waals surface area contributed by atoms with Crippen LogP contribution in [0.5, 0.6) is 0 Å². The van der Waals surface area contributed by atoms with Gasteiger partial charge in [0.05, 0.1) is 8.07 Å². The zero-order valence-corrected chi connectivity index (χ0v) is 18.0. The van der Waals surface area contributed by atoms with E-state index in [1.807, 2.05) is 26.6 Å². The van der Waals surface area contributed by atoms with Gasteiger partial charge in [-0.05, 0) is 40.4 Å². The van der Waals surface area contributed by atoms with Crippen LogP contribution in [0.2, 0.25) is 19.6 Å². The van der Waals surface area contributed by atoms with Gasteiger partial charge in [0.2, 0.25) is 0 Å². The zero-order valence-electron chi connectivity index (χ0n) is 17.0. The van der Waals surface area contributed by atoms with Gasteiger partial charge in [0.25, 0.3) is 0 Å². The monoisotopic (exact) mass is 416 g/mol. The largest absolute Gasteiger partial charge is 0.207 e. The minimum Gasteiger partial charge on any atom is -0.207 e. The average Bonchev–Trinajstić information content (AvgIpc) is 2.66. The van der Waals surface area contributed by atoms with Gasteiger partial charge in [-0.1, -0.05) is 69.4 Å². The zero-order chi connectivity index (χ0) is 21.3. The van der Waals surface area contributed by atoms with Gasteiger partial charge in [-0.25, -0.2) is 17.6 Å². The summed E-state index contributed by atoms with van der Waals surface area (Å²) in [4.78, 5) is 0. The molecule has 0 aliphatic heterocycles. The van der Waals surface area contributed by atoms with Gasteiger partial charge >= 0.3 is 0 Å². The van der Waals surface area contributed by atoms with Crippen molar-refractivity contribution in [1.82, 2.24) is 0 Å². The summed E-state index contributed by atoms with van der Waals surface area (Å²) in [7, 11) is -1.99. The van der Waals surface area contributed by atoms with Crippen molar-refractivity contribution in [2.45, 2.75) is 39.4 Å². The van der Waals surface area contributed by atoms with E-state index < -0.39 is 31.3 Å². The Morgan fingerprint density at radius 2 is 1.24 bits per heavy atom. The average molecular weight is 417 g/mol. The summed E-state index contributed by atoms with van der Waals surface area (Å²) in [5.74, 6) is -2.79. The highest BCUT2D eigenvalue weighted by atomic mass is 28.3. The molecule has 0 aliphatic carbocycles. The molecule has 0 spiro atoms. The quantitative estimate of drug-likeness (QED) is 0.308. The van der Waals surface area contributed by atoms with Crippen LogP contribution in [0.25, 0.3) is 22.3 Å². The molecule has 5 heteroatoms. The molecule has 0 unspecified atom stereocenters. The highest BCUT2D eigenvalue weighted by Crippen LogP contribution is 2.29. The molecule has 29 heavy (non-hydrogen) atoms. The fraction of sp³-hybridized carbons (Fsp3) is 0.250. The van der Waals surface area contributed by atoms with Crippen molar-refractivity contribution in [2.24, 2.45) is 0 Å². The van der Waals surface area contributed by atoms with E-state index in [1.165, 1.54) is 12.1 Å². The second-order valence-corrected chi connectivity index (χ2v) is 13.3. The van der Waals surface area contributed by atoms with Crippen LogP contribution in [-0.2, 0) is 6.42 Å². The molecule has 0 heterocycles. The van der Waals surface area contributed by atoms with Gasteiger partial charge in [-0.15, -0.1) is 0 Å². The normalized spacial score (nSPS) is 11.7. The van der Waals surface area contributed by atoms with Crippen LogP contribution in [0, 0.1) is 23.3 Å². The third-order valence-corrected chi connectivity index (χ3v) is 7.06. The number of halogens is 4. The van der Waals surface area contributed by atoms with Crippen molar-refractivity contribution in [2.75, 3.05) is 0 Å². The maximum absolute atomic E-state index is 14.7. The van der Waals surface area contributed by atoms with E-state index in [9.17, 15) is 17.6 Å². The lowest BCUT2D eigenvalue weighted by atomic mass is 9.98. The van der Waals surface area contributed by atoms with Crippen molar-refractivity contribution < 1.29 is 17.6 Å². The topological polar surface area (TPSA) is 0 Å². The van der Waals surface area contributed by atoms with E-state index >= 15 is 0 Å². The van der Waals surface area contributed by atoms with Gasteiger partial charge in [0.15, 0.2) is 11.6 Å². The molecule has 0 aliphatic rings. The van der Waals surface area contributed by atoms with Crippen molar-refractivity contribution in [3.63, 3.8) is 0 Å². The molecule has 0 saturated heterocycles. The second kappa shape index (κ2) is 8.15. The Morgan fingerprint density at radius 1 is 0.690 bits per heavy atom. The Morgan fingerprint density at radius 3 is 1.76 bits per heavy atom. The first-order valence-corrected chi connectivity index (χ1v) is 13.2. The Hall–Kier alpha value is -2.40. The van der Waals surface area contributed by atoms with E-state index in [1.54, 1.807) is 36.4 Å². The van der Waals surface area contributed by atoms with Crippen LogP contribution < -0.4 is 5.19 Å². The van der Waals surface area contributed by atoms with Crippen LogP contribution in [0.1, 0.15) is 18.9 Å². The molecular weight excluding hydrogens is 392 g/mol.